The molecule has 0 aromatic heterocycles. The summed E-state index contributed by atoms with van der Waals surface area (Å²) in [5.74, 6) is -0.384. The summed E-state index contributed by atoms with van der Waals surface area (Å²) >= 11 is 0. The van der Waals surface area contributed by atoms with Crippen LogP contribution in [0.25, 0.3) is 0 Å². The number of carbonyl (C=O) groups is 1. The van der Waals surface area contributed by atoms with E-state index in [4.69, 9.17) is 0 Å². The van der Waals surface area contributed by atoms with Crippen molar-refractivity contribution in [2.45, 2.75) is 58.0 Å². The Balaban J connectivity index is 1.77. The molecule has 3 unspecified atom stereocenters. The van der Waals surface area contributed by atoms with Gasteiger partial charge in [-0.05, 0) is 52.1 Å². The maximum atomic E-state index is 11.3. The molecule has 3 atom stereocenters. The van der Waals surface area contributed by atoms with Crippen molar-refractivity contribution in [2.75, 3.05) is 19.6 Å². The monoisotopic (exact) mass is 268 g/mol. The highest BCUT2D eigenvalue weighted by Gasteiger charge is 2.32. The SMILES string of the molecule is CC(C)N1CCC(NCC2CCCCC2C(=O)O)C1. The van der Waals surface area contributed by atoms with Gasteiger partial charge < -0.3 is 10.4 Å². The molecule has 0 amide bonds. The Hall–Kier alpha value is -0.610. The Morgan fingerprint density at radius 3 is 2.68 bits per heavy atom. The van der Waals surface area contributed by atoms with Gasteiger partial charge in [0.05, 0.1) is 5.92 Å². The molecule has 2 rings (SSSR count). The van der Waals surface area contributed by atoms with E-state index in [1.54, 1.807) is 0 Å². The summed E-state index contributed by atoms with van der Waals surface area (Å²) in [6.07, 6.45) is 5.41. The Morgan fingerprint density at radius 2 is 2.05 bits per heavy atom. The summed E-state index contributed by atoms with van der Waals surface area (Å²) in [6, 6.07) is 1.17. The third-order valence-electron chi connectivity index (χ3n) is 4.84. The van der Waals surface area contributed by atoms with Crippen molar-refractivity contribution in [3.63, 3.8) is 0 Å². The molecule has 0 spiro atoms. The first-order chi connectivity index (χ1) is 9.08. The molecule has 4 heteroatoms. The van der Waals surface area contributed by atoms with Crippen molar-refractivity contribution in [2.24, 2.45) is 11.8 Å². The lowest BCUT2D eigenvalue weighted by Gasteiger charge is -2.30. The topological polar surface area (TPSA) is 52.6 Å². The second-order valence-corrected chi connectivity index (χ2v) is 6.47. The normalized spacial score (nSPS) is 32.9. The lowest BCUT2D eigenvalue weighted by molar-refractivity contribution is -0.144. The van der Waals surface area contributed by atoms with E-state index in [0.717, 1.165) is 32.4 Å². The number of nitrogens with zero attached hydrogens (tertiary/aromatic N) is 1. The number of carboxylic acids is 1. The molecule has 2 N–H and O–H groups in total. The van der Waals surface area contributed by atoms with Gasteiger partial charge in [-0.15, -0.1) is 0 Å². The third-order valence-corrected chi connectivity index (χ3v) is 4.84. The minimum absolute atomic E-state index is 0.121. The first kappa shape index (κ1) is 14.8. The molecule has 1 aliphatic heterocycles. The zero-order valence-corrected chi connectivity index (χ0v) is 12.3. The maximum absolute atomic E-state index is 11.3. The number of hydrogen-bond acceptors (Lipinski definition) is 3. The zero-order chi connectivity index (χ0) is 13.8. The predicted molar refractivity (Wildman–Crippen MR) is 76.2 cm³/mol. The van der Waals surface area contributed by atoms with Gasteiger partial charge in [0.1, 0.15) is 0 Å². The van der Waals surface area contributed by atoms with Crippen LogP contribution in [0, 0.1) is 11.8 Å². The third kappa shape index (κ3) is 3.93. The maximum Gasteiger partial charge on any atom is 0.306 e. The van der Waals surface area contributed by atoms with Crippen molar-refractivity contribution in [3.8, 4) is 0 Å². The smallest absolute Gasteiger partial charge is 0.306 e. The number of rotatable bonds is 5. The summed E-state index contributed by atoms with van der Waals surface area (Å²) in [4.78, 5) is 13.8. The lowest BCUT2D eigenvalue weighted by atomic mass is 9.79. The van der Waals surface area contributed by atoms with Crippen molar-refractivity contribution in [1.29, 1.82) is 0 Å². The van der Waals surface area contributed by atoms with Gasteiger partial charge in [0.25, 0.3) is 0 Å². The van der Waals surface area contributed by atoms with E-state index in [-0.39, 0.29) is 5.92 Å². The second-order valence-electron chi connectivity index (χ2n) is 6.47. The molecule has 4 nitrogen and oxygen atoms in total. The van der Waals surface area contributed by atoms with Crippen LogP contribution in [-0.4, -0.2) is 47.7 Å². The van der Waals surface area contributed by atoms with Crippen molar-refractivity contribution in [1.82, 2.24) is 10.2 Å². The van der Waals surface area contributed by atoms with Crippen molar-refractivity contribution < 1.29 is 9.90 Å². The van der Waals surface area contributed by atoms with Crippen molar-refractivity contribution >= 4 is 5.97 Å². The minimum atomic E-state index is -0.596. The molecule has 0 radical (unpaired) electrons. The van der Waals surface area contributed by atoms with E-state index in [1.165, 1.54) is 19.4 Å². The van der Waals surface area contributed by atoms with E-state index < -0.39 is 5.97 Å². The van der Waals surface area contributed by atoms with Crippen LogP contribution >= 0.6 is 0 Å². The largest absolute Gasteiger partial charge is 0.481 e. The Morgan fingerprint density at radius 1 is 1.32 bits per heavy atom. The minimum Gasteiger partial charge on any atom is -0.481 e. The molecule has 0 aromatic rings. The van der Waals surface area contributed by atoms with Gasteiger partial charge in [-0.25, -0.2) is 0 Å². The molecular formula is C15H28N2O2. The number of nitrogens with one attached hydrogen (secondary N) is 1. The Kier molecular flexibility index (Phi) is 5.22. The Labute approximate surface area is 116 Å². The summed E-state index contributed by atoms with van der Waals surface area (Å²) < 4.78 is 0. The molecule has 110 valence electrons. The van der Waals surface area contributed by atoms with Crippen LogP contribution in [0.3, 0.4) is 0 Å². The average Bonchev–Trinajstić information content (AvgIpc) is 2.85. The molecule has 19 heavy (non-hydrogen) atoms. The number of hydrogen-bond donors (Lipinski definition) is 2. The van der Waals surface area contributed by atoms with Gasteiger partial charge in [0.15, 0.2) is 0 Å². The van der Waals surface area contributed by atoms with Crippen LogP contribution in [0.1, 0.15) is 46.0 Å². The predicted octanol–water partition coefficient (Wildman–Crippen LogP) is 1.95. The number of aliphatic carboxylic acids is 1. The van der Waals surface area contributed by atoms with Crippen LogP contribution in [0.2, 0.25) is 0 Å². The highest BCUT2D eigenvalue weighted by Crippen LogP contribution is 2.30. The summed E-state index contributed by atoms with van der Waals surface area (Å²) in [6.45, 7) is 7.64. The van der Waals surface area contributed by atoms with E-state index >= 15 is 0 Å². The summed E-state index contributed by atoms with van der Waals surface area (Å²) in [5, 5.41) is 12.9. The van der Waals surface area contributed by atoms with Gasteiger partial charge >= 0.3 is 5.97 Å². The summed E-state index contributed by atoms with van der Waals surface area (Å²) in [7, 11) is 0. The zero-order valence-electron chi connectivity index (χ0n) is 12.3. The van der Waals surface area contributed by atoms with Gasteiger partial charge in [0.2, 0.25) is 0 Å². The van der Waals surface area contributed by atoms with Gasteiger partial charge in [0, 0.05) is 18.6 Å². The molecule has 1 aliphatic carbocycles. The molecular weight excluding hydrogens is 240 g/mol. The van der Waals surface area contributed by atoms with Crippen LogP contribution in [0.15, 0.2) is 0 Å². The van der Waals surface area contributed by atoms with Crippen LogP contribution in [-0.2, 0) is 4.79 Å². The van der Waals surface area contributed by atoms with Crippen LogP contribution in [0.5, 0.6) is 0 Å². The van der Waals surface area contributed by atoms with Crippen LogP contribution in [0.4, 0.5) is 0 Å². The highest BCUT2D eigenvalue weighted by molar-refractivity contribution is 5.70. The average molecular weight is 268 g/mol. The molecule has 1 saturated carbocycles. The fraction of sp³-hybridized carbons (Fsp3) is 0.933. The summed E-state index contributed by atoms with van der Waals surface area (Å²) in [5.41, 5.74) is 0. The van der Waals surface area contributed by atoms with Crippen LogP contribution < -0.4 is 5.32 Å². The number of likely N-dealkylation sites (tertiary alicyclic amines) is 1. The molecule has 2 fully saturated rings. The Bertz CT molecular complexity index is 307. The first-order valence-corrected chi connectivity index (χ1v) is 7.78. The standard InChI is InChI=1S/C15H28N2O2/c1-11(2)17-8-7-13(10-17)16-9-12-5-3-4-6-14(12)15(18)19/h11-14,16H,3-10H2,1-2H3,(H,18,19). The second kappa shape index (κ2) is 6.71. The van der Waals surface area contributed by atoms with E-state index in [2.05, 4.69) is 24.1 Å². The fourth-order valence-electron chi connectivity index (χ4n) is 3.52. The van der Waals surface area contributed by atoms with E-state index in [1.807, 2.05) is 0 Å². The van der Waals surface area contributed by atoms with E-state index in [9.17, 15) is 9.90 Å². The highest BCUT2D eigenvalue weighted by atomic mass is 16.4. The quantitative estimate of drug-likeness (QED) is 0.800. The molecule has 1 heterocycles. The molecule has 0 aromatic carbocycles. The first-order valence-electron chi connectivity index (χ1n) is 7.78. The molecule has 2 aliphatic rings. The fourth-order valence-corrected chi connectivity index (χ4v) is 3.52. The lowest BCUT2D eigenvalue weighted by Crippen LogP contribution is -2.41. The number of carboxylic acid groups (broad SMARTS) is 1. The van der Waals surface area contributed by atoms with E-state index in [0.29, 0.717) is 18.0 Å². The van der Waals surface area contributed by atoms with Gasteiger partial charge in [-0.3, -0.25) is 9.69 Å². The van der Waals surface area contributed by atoms with Gasteiger partial charge in [-0.2, -0.15) is 0 Å². The van der Waals surface area contributed by atoms with Gasteiger partial charge in [-0.1, -0.05) is 12.8 Å². The molecule has 0 bridgehead atoms. The van der Waals surface area contributed by atoms with Crippen molar-refractivity contribution in [3.05, 3.63) is 0 Å². The molecule has 1 saturated heterocycles.